The molecule has 1 saturated heterocycles. The number of rotatable bonds is 8. The van der Waals surface area contributed by atoms with Crippen LogP contribution in [-0.2, 0) is 11.2 Å². The summed E-state index contributed by atoms with van der Waals surface area (Å²) in [4.78, 5) is 27.8. The van der Waals surface area contributed by atoms with Gasteiger partial charge in [-0.2, -0.15) is 11.8 Å². The number of benzene rings is 2. The lowest BCUT2D eigenvalue weighted by Gasteiger charge is -2.34. The van der Waals surface area contributed by atoms with Crippen molar-refractivity contribution in [2.75, 3.05) is 25.1 Å². The molecule has 0 aliphatic carbocycles. The summed E-state index contributed by atoms with van der Waals surface area (Å²) in [6.45, 7) is 1.26. The van der Waals surface area contributed by atoms with E-state index >= 15 is 0 Å². The average molecular weight is 497 g/mol. The molecule has 1 fully saturated rings. The fraction of sp³-hybridized carbons (Fsp3) is 0.417. The molecule has 1 unspecified atom stereocenters. The highest BCUT2D eigenvalue weighted by atomic mass is 35.5. The van der Waals surface area contributed by atoms with E-state index in [0.717, 1.165) is 30.6 Å². The largest absolute Gasteiger partial charge is 0.341 e. The number of carbonyl (C=O) groups excluding carboxylic acids is 2. The minimum atomic E-state index is -0.610. The second kappa shape index (κ2) is 11.9. The summed E-state index contributed by atoms with van der Waals surface area (Å²) in [5, 5.41) is 3.57. The van der Waals surface area contributed by atoms with Crippen LogP contribution in [0.4, 0.5) is 4.39 Å². The Balaban J connectivity index is 1.60. The number of piperidine rings is 1. The molecule has 4 nitrogen and oxygen atoms in total. The Morgan fingerprint density at radius 2 is 1.94 bits per heavy atom. The third-order valence-corrected chi connectivity index (χ3v) is 6.92. The van der Waals surface area contributed by atoms with Crippen LogP contribution in [0.5, 0.6) is 0 Å². The van der Waals surface area contributed by atoms with E-state index in [1.807, 2.05) is 17.2 Å². The van der Waals surface area contributed by atoms with E-state index in [1.165, 1.54) is 12.1 Å². The van der Waals surface area contributed by atoms with Crippen molar-refractivity contribution < 1.29 is 14.0 Å². The zero-order valence-electron chi connectivity index (χ0n) is 18.0. The van der Waals surface area contributed by atoms with Crippen LogP contribution in [0.3, 0.4) is 0 Å². The van der Waals surface area contributed by atoms with Gasteiger partial charge in [-0.1, -0.05) is 35.3 Å². The van der Waals surface area contributed by atoms with Crippen molar-refractivity contribution in [1.29, 1.82) is 0 Å². The number of thioether (sulfide) groups is 1. The molecule has 2 amide bonds. The van der Waals surface area contributed by atoms with E-state index in [4.69, 9.17) is 23.2 Å². The van der Waals surface area contributed by atoms with Gasteiger partial charge in [0.1, 0.15) is 11.9 Å². The molecule has 2 aromatic carbocycles. The van der Waals surface area contributed by atoms with Gasteiger partial charge in [-0.25, -0.2) is 4.39 Å². The van der Waals surface area contributed by atoms with Crippen LogP contribution >= 0.6 is 35.0 Å². The number of hydrogen-bond acceptors (Lipinski definition) is 3. The van der Waals surface area contributed by atoms with Crippen molar-refractivity contribution in [3.05, 3.63) is 69.5 Å². The molecule has 172 valence electrons. The van der Waals surface area contributed by atoms with E-state index in [0.29, 0.717) is 36.0 Å². The predicted octanol–water partition coefficient (Wildman–Crippen LogP) is 5.47. The van der Waals surface area contributed by atoms with Gasteiger partial charge in [0.05, 0.1) is 10.6 Å². The summed E-state index contributed by atoms with van der Waals surface area (Å²) < 4.78 is 13.4. The molecule has 2 aromatic rings. The summed E-state index contributed by atoms with van der Waals surface area (Å²) in [6.07, 6.45) is 5.03. The zero-order valence-corrected chi connectivity index (χ0v) is 20.3. The van der Waals surface area contributed by atoms with Crippen LogP contribution in [0.2, 0.25) is 10.0 Å². The monoisotopic (exact) mass is 496 g/mol. The SMILES string of the molecule is CSCCC(NC(=O)c1ccc(Cl)cc1Cl)C(=O)N1CCC(Cc2cccc(F)c2)CC1. The van der Waals surface area contributed by atoms with E-state index in [1.54, 1.807) is 36.0 Å². The summed E-state index contributed by atoms with van der Waals surface area (Å²) in [5.74, 6) is 0.492. The molecule has 1 aliphatic rings. The molecule has 0 spiro atoms. The summed E-state index contributed by atoms with van der Waals surface area (Å²) in [5.41, 5.74) is 1.28. The van der Waals surface area contributed by atoms with E-state index in [9.17, 15) is 14.0 Å². The molecule has 3 rings (SSSR count). The number of halogens is 3. The molecule has 32 heavy (non-hydrogen) atoms. The lowest BCUT2D eigenvalue weighted by molar-refractivity contribution is -0.134. The smallest absolute Gasteiger partial charge is 0.253 e. The second-order valence-electron chi connectivity index (χ2n) is 8.03. The number of hydrogen-bond donors (Lipinski definition) is 1. The van der Waals surface area contributed by atoms with Gasteiger partial charge in [0.2, 0.25) is 5.91 Å². The first-order chi connectivity index (χ1) is 15.4. The first-order valence-corrected chi connectivity index (χ1v) is 12.8. The molecule has 1 N–H and O–H groups in total. The maximum Gasteiger partial charge on any atom is 0.253 e. The summed E-state index contributed by atoms with van der Waals surface area (Å²) in [7, 11) is 0. The van der Waals surface area contributed by atoms with Gasteiger partial charge in [-0.05, 0) is 79.5 Å². The van der Waals surface area contributed by atoms with Crippen LogP contribution in [0.15, 0.2) is 42.5 Å². The summed E-state index contributed by atoms with van der Waals surface area (Å²) >= 11 is 13.7. The van der Waals surface area contributed by atoms with Crippen molar-refractivity contribution in [2.24, 2.45) is 5.92 Å². The standard InChI is InChI=1S/C24H27Cl2FN2O2S/c1-32-12-9-22(28-23(30)20-6-5-18(25)15-21(20)26)24(31)29-10-7-16(8-11-29)13-17-3-2-4-19(27)14-17/h2-6,14-16,22H,7-13H2,1H3,(H,28,30). The molecule has 1 aliphatic heterocycles. The fourth-order valence-corrected chi connectivity index (χ4v) is 4.94. The molecular weight excluding hydrogens is 470 g/mol. The highest BCUT2D eigenvalue weighted by Gasteiger charge is 2.29. The van der Waals surface area contributed by atoms with Gasteiger partial charge in [0, 0.05) is 18.1 Å². The van der Waals surface area contributed by atoms with Gasteiger partial charge in [-0.15, -0.1) is 0 Å². The van der Waals surface area contributed by atoms with Gasteiger partial charge >= 0.3 is 0 Å². The Bertz CT molecular complexity index is 951. The van der Waals surface area contributed by atoms with E-state index in [2.05, 4.69) is 5.32 Å². The molecule has 0 aromatic heterocycles. The topological polar surface area (TPSA) is 49.4 Å². The Morgan fingerprint density at radius 3 is 2.59 bits per heavy atom. The quantitative estimate of drug-likeness (QED) is 0.527. The minimum absolute atomic E-state index is 0.0679. The number of carbonyl (C=O) groups is 2. The van der Waals surface area contributed by atoms with Crippen LogP contribution in [0, 0.1) is 11.7 Å². The lowest BCUT2D eigenvalue weighted by Crippen LogP contribution is -2.51. The average Bonchev–Trinajstić information content (AvgIpc) is 2.76. The molecule has 1 atom stereocenters. The zero-order chi connectivity index (χ0) is 23.1. The Hall–Kier alpha value is -1.76. The van der Waals surface area contributed by atoms with E-state index < -0.39 is 6.04 Å². The molecule has 1 heterocycles. The van der Waals surface area contributed by atoms with Crippen LogP contribution < -0.4 is 5.32 Å². The van der Waals surface area contributed by atoms with Gasteiger partial charge in [-0.3, -0.25) is 9.59 Å². The van der Waals surface area contributed by atoms with Crippen molar-refractivity contribution in [3.63, 3.8) is 0 Å². The van der Waals surface area contributed by atoms with Gasteiger partial charge in [0.25, 0.3) is 5.91 Å². The molecule has 0 radical (unpaired) electrons. The molecule has 8 heteroatoms. The number of nitrogens with zero attached hydrogens (tertiary/aromatic N) is 1. The Kier molecular flexibility index (Phi) is 9.26. The highest BCUT2D eigenvalue weighted by molar-refractivity contribution is 7.98. The number of likely N-dealkylation sites (tertiary alicyclic amines) is 1. The maximum absolute atomic E-state index is 13.4. The van der Waals surface area contributed by atoms with Crippen molar-refractivity contribution in [2.45, 2.75) is 31.7 Å². The first kappa shape index (κ1) is 24.9. The van der Waals surface area contributed by atoms with Crippen LogP contribution in [0.1, 0.15) is 35.2 Å². The van der Waals surface area contributed by atoms with Crippen LogP contribution in [-0.4, -0.2) is 47.9 Å². The van der Waals surface area contributed by atoms with Crippen molar-refractivity contribution >= 4 is 46.8 Å². The highest BCUT2D eigenvalue weighted by Crippen LogP contribution is 2.24. The minimum Gasteiger partial charge on any atom is -0.341 e. The molecule has 0 bridgehead atoms. The first-order valence-electron chi connectivity index (χ1n) is 10.7. The Labute approximate surface area is 202 Å². The third-order valence-electron chi connectivity index (χ3n) is 5.73. The van der Waals surface area contributed by atoms with Crippen molar-refractivity contribution in [3.8, 4) is 0 Å². The third kappa shape index (κ3) is 6.87. The maximum atomic E-state index is 13.4. The van der Waals surface area contributed by atoms with Crippen LogP contribution in [0.25, 0.3) is 0 Å². The van der Waals surface area contributed by atoms with E-state index in [-0.39, 0.29) is 22.7 Å². The fourth-order valence-electron chi connectivity index (χ4n) is 3.98. The Morgan fingerprint density at radius 1 is 1.19 bits per heavy atom. The number of nitrogens with one attached hydrogen (secondary N) is 1. The normalized spacial score (nSPS) is 15.4. The second-order valence-corrected chi connectivity index (χ2v) is 9.86. The van der Waals surface area contributed by atoms with Crippen molar-refractivity contribution in [1.82, 2.24) is 10.2 Å². The lowest BCUT2D eigenvalue weighted by atomic mass is 9.90. The molecule has 0 saturated carbocycles. The van der Waals surface area contributed by atoms with Gasteiger partial charge in [0.15, 0.2) is 0 Å². The predicted molar refractivity (Wildman–Crippen MR) is 130 cm³/mol. The summed E-state index contributed by atoms with van der Waals surface area (Å²) in [6, 6.07) is 10.8. The van der Waals surface area contributed by atoms with Gasteiger partial charge < -0.3 is 10.2 Å². The number of amides is 2. The molecular formula is C24H27Cl2FN2O2S.